The molecule has 0 spiro atoms. The van der Waals surface area contributed by atoms with Gasteiger partial charge in [0.25, 0.3) is 5.56 Å². The van der Waals surface area contributed by atoms with Crippen LogP contribution >= 0.6 is 11.6 Å². The second-order valence-corrected chi connectivity index (χ2v) is 12.4. The number of rotatable bonds is 15. The predicted octanol–water partition coefficient (Wildman–Crippen LogP) is 2.56. The van der Waals surface area contributed by atoms with E-state index in [1.54, 1.807) is 17.7 Å². The Bertz CT molecular complexity index is 1650. The Morgan fingerprint density at radius 3 is 2.33 bits per heavy atom. The van der Waals surface area contributed by atoms with Gasteiger partial charge in [-0.3, -0.25) is 28.6 Å². The minimum Gasteiger partial charge on any atom is -0.378 e. The van der Waals surface area contributed by atoms with E-state index >= 15 is 0 Å². The Labute approximate surface area is 284 Å². The summed E-state index contributed by atoms with van der Waals surface area (Å²) in [6, 6.07) is 3.90. The first kappa shape index (κ1) is 35.2. The number of piperazine rings is 1. The summed E-state index contributed by atoms with van der Waals surface area (Å²) in [4.78, 5) is 67.6. The zero-order valence-corrected chi connectivity index (χ0v) is 28.4. The van der Waals surface area contributed by atoms with E-state index in [0.717, 1.165) is 57.5 Å². The summed E-state index contributed by atoms with van der Waals surface area (Å²) in [5, 5.41) is 9.36. The maximum atomic E-state index is 13.5. The van der Waals surface area contributed by atoms with Gasteiger partial charge in [0.15, 0.2) is 5.78 Å². The van der Waals surface area contributed by atoms with Crippen LogP contribution in [0.4, 0.5) is 17.5 Å². The smallest absolute Gasteiger partial charge is 0.263 e. The first-order chi connectivity index (χ1) is 23.2. The number of pyridine rings is 2. The number of Topliss-reactive ketones (excluding diaryl/α,β-unsaturated/α-hetero) is 1. The average Bonchev–Trinajstić information content (AvgIpc) is 3.62. The Morgan fingerprint density at radius 1 is 0.979 bits per heavy atom. The number of anilines is 3. The molecule has 1 aliphatic carbocycles. The highest BCUT2D eigenvalue weighted by Gasteiger charge is 2.26. The van der Waals surface area contributed by atoms with Gasteiger partial charge in [-0.05, 0) is 44.4 Å². The molecule has 258 valence electrons. The summed E-state index contributed by atoms with van der Waals surface area (Å²) in [5.74, 6) is 0.347. The molecule has 0 atom stereocenters. The summed E-state index contributed by atoms with van der Waals surface area (Å²) in [6.07, 6.45) is 7.76. The minimum atomic E-state index is -0.278. The van der Waals surface area contributed by atoms with Crippen molar-refractivity contribution in [1.29, 1.82) is 0 Å². The van der Waals surface area contributed by atoms with Gasteiger partial charge in [-0.25, -0.2) is 9.97 Å². The standard InChI is InChI=1S/C33H44ClN9O5/c1-22-26-21-38-33(40-31(26)43(24-5-3-4-6-24)32(47)30(22)23(2)44)39-27-8-7-25(20-37-27)42-15-13-41(14-16-42)12-9-28(45)35-10-17-48-18-11-36-29(46)19-34/h7-8,20-21,24H,3-6,9-19H2,1-2H3,(H,35,45)(H,36,46)(H,37,38,39,40). The molecule has 2 aliphatic rings. The van der Waals surface area contributed by atoms with Crippen molar-refractivity contribution in [3.05, 3.63) is 46.0 Å². The van der Waals surface area contributed by atoms with Crippen molar-refractivity contribution in [2.75, 3.05) is 75.1 Å². The number of nitrogens with one attached hydrogen (secondary N) is 3. The maximum Gasteiger partial charge on any atom is 0.263 e. The fraction of sp³-hybridized carbons (Fsp3) is 0.545. The van der Waals surface area contributed by atoms with Crippen molar-refractivity contribution in [1.82, 2.24) is 35.1 Å². The van der Waals surface area contributed by atoms with E-state index in [1.165, 1.54) is 6.92 Å². The number of nitrogens with zero attached hydrogens (tertiary/aromatic N) is 6. The third-order valence-electron chi connectivity index (χ3n) is 8.89. The third-order valence-corrected chi connectivity index (χ3v) is 9.13. The summed E-state index contributed by atoms with van der Waals surface area (Å²) in [5.41, 5.74) is 2.08. The molecule has 3 aromatic rings. The van der Waals surface area contributed by atoms with Crippen molar-refractivity contribution >= 4 is 57.7 Å². The summed E-state index contributed by atoms with van der Waals surface area (Å²) < 4.78 is 7.10. The first-order valence-corrected chi connectivity index (χ1v) is 17.1. The topological polar surface area (TPSA) is 164 Å². The molecule has 2 amide bonds. The lowest BCUT2D eigenvalue weighted by Crippen LogP contribution is -2.47. The number of fused-ring (bicyclic) bond motifs is 1. The summed E-state index contributed by atoms with van der Waals surface area (Å²) in [7, 11) is 0. The molecular weight excluding hydrogens is 638 g/mol. The monoisotopic (exact) mass is 681 g/mol. The Morgan fingerprint density at radius 2 is 1.69 bits per heavy atom. The van der Waals surface area contributed by atoms with Crippen LogP contribution in [0, 0.1) is 6.92 Å². The highest BCUT2D eigenvalue weighted by atomic mass is 35.5. The van der Waals surface area contributed by atoms with Crippen LogP contribution in [0.15, 0.2) is 29.3 Å². The third kappa shape index (κ3) is 8.85. The number of ketones is 1. The molecule has 48 heavy (non-hydrogen) atoms. The van der Waals surface area contributed by atoms with Gasteiger partial charge in [0.1, 0.15) is 17.3 Å². The molecule has 0 bridgehead atoms. The molecule has 0 unspecified atom stereocenters. The normalized spacial score (nSPS) is 15.5. The SMILES string of the molecule is CC(=O)c1c(C)c2cnc(Nc3ccc(N4CCN(CCC(=O)NCCOCCNC(=O)CCl)CC4)cn3)nc2n(C2CCCC2)c1=O. The van der Waals surface area contributed by atoms with Gasteiger partial charge in [0.2, 0.25) is 17.8 Å². The number of aromatic nitrogens is 4. The van der Waals surface area contributed by atoms with Gasteiger partial charge in [0, 0.05) is 69.9 Å². The predicted molar refractivity (Wildman–Crippen MR) is 184 cm³/mol. The molecular formula is C33H44ClN9O5. The number of amides is 2. The first-order valence-electron chi connectivity index (χ1n) is 16.6. The number of aryl methyl sites for hydroxylation is 1. The van der Waals surface area contributed by atoms with Crippen LogP contribution in [0.1, 0.15) is 61.0 Å². The van der Waals surface area contributed by atoms with Crippen molar-refractivity contribution in [2.45, 2.75) is 52.0 Å². The molecule has 3 aromatic heterocycles. The Kier molecular flexibility index (Phi) is 12.3. The highest BCUT2D eigenvalue weighted by Crippen LogP contribution is 2.32. The minimum absolute atomic E-state index is 0.0111. The summed E-state index contributed by atoms with van der Waals surface area (Å²) >= 11 is 5.42. The molecule has 14 nitrogen and oxygen atoms in total. The Hall–Kier alpha value is -4.14. The van der Waals surface area contributed by atoms with E-state index in [-0.39, 0.29) is 40.6 Å². The van der Waals surface area contributed by atoms with E-state index < -0.39 is 0 Å². The van der Waals surface area contributed by atoms with Crippen LogP contribution < -0.4 is 26.4 Å². The second-order valence-electron chi connectivity index (χ2n) is 12.2. The lowest BCUT2D eigenvalue weighted by Gasteiger charge is -2.35. The molecule has 1 saturated heterocycles. The van der Waals surface area contributed by atoms with Gasteiger partial charge in [-0.2, -0.15) is 4.98 Å². The number of carbonyl (C=O) groups excluding carboxylic acids is 3. The average molecular weight is 682 g/mol. The number of hydrogen-bond acceptors (Lipinski definition) is 11. The van der Waals surface area contributed by atoms with Crippen molar-refractivity contribution in [2.24, 2.45) is 0 Å². The van der Waals surface area contributed by atoms with Crippen LogP contribution in [0.2, 0.25) is 0 Å². The number of alkyl halides is 1. The summed E-state index contributed by atoms with van der Waals surface area (Å²) in [6.45, 7) is 8.76. The van der Waals surface area contributed by atoms with Crippen molar-refractivity contribution in [3.63, 3.8) is 0 Å². The van der Waals surface area contributed by atoms with E-state index in [2.05, 4.69) is 35.7 Å². The van der Waals surface area contributed by atoms with Crippen LogP contribution in [0.5, 0.6) is 0 Å². The zero-order chi connectivity index (χ0) is 34.0. The Balaban J connectivity index is 1.10. The van der Waals surface area contributed by atoms with Gasteiger partial charge < -0.3 is 25.6 Å². The van der Waals surface area contributed by atoms with Crippen LogP contribution in [0.3, 0.4) is 0 Å². The molecule has 1 aliphatic heterocycles. The number of carbonyl (C=O) groups is 3. The van der Waals surface area contributed by atoms with E-state index in [0.29, 0.717) is 67.6 Å². The molecule has 4 heterocycles. The zero-order valence-electron chi connectivity index (χ0n) is 27.6. The molecule has 15 heteroatoms. The van der Waals surface area contributed by atoms with Gasteiger partial charge >= 0.3 is 0 Å². The van der Waals surface area contributed by atoms with Crippen molar-refractivity contribution in [3.8, 4) is 0 Å². The van der Waals surface area contributed by atoms with Crippen LogP contribution in [-0.2, 0) is 14.3 Å². The van der Waals surface area contributed by atoms with E-state index in [9.17, 15) is 19.2 Å². The molecule has 0 radical (unpaired) electrons. The van der Waals surface area contributed by atoms with Crippen molar-refractivity contribution < 1.29 is 19.1 Å². The molecule has 0 aromatic carbocycles. The largest absolute Gasteiger partial charge is 0.378 e. The fourth-order valence-electron chi connectivity index (χ4n) is 6.32. The maximum absolute atomic E-state index is 13.5. The quantitative estimate of drug-likeness (QED) is 0.123. The van der Waals surface area contributed by atoms with Gasteiger partial charge in [-0.15, -0.1) is 11.6 Å². The van der Waals surface area contributed by atoms with Gasteiger partial charge in [0.05, 0.1) is 30.7 Å². The van der Waals surface area contributed by atoms with Crippen LogP contribution in [-0.4, -0.2) is 107 Å². The fourth-order valence-corrected chi connectivity index (χ4v) is 6.42. The lowest BCUT2D eigenvalue weighted by molar-refractivity contribution is -0.121. The number of halogens is 1. The number of hydrogen-bond donors (Lipinski definition) is 3. The lowest BCUT2D eigenvalue weighted by atomic mass is 10.0. The number of ether oxygens (including phenoxy) is 1. The molecule has 5 rings (SSSR count). The highest BCUT2D eigenvalue weighted by molar-refractivity contribution is 6.27. The van der Waals surface area contributed by atoms with Gasteiger partial charge in [-0.1, -0.05) is 12.8 Å². The molecule has 3 N–H and O–H groups in total. The second kappa shape index (κ2) is 16.8. The van der Waals surface area contributed by atoms with Crippen LogP contribution in [0.25, 0.3) is 11.0 Å². The molecule has 2 fully saturated rings. The van der Waals surface area contributed by atoms with E-state index in [1.807, 2.05) is 18.3 Å². The molecule has 1 saturated carbocycles. The van der Waals surface area contributed by atoms with E-state index in [4.69, 9.17) is 21.3 Å².